The summed E-state index contributed by atoms with van der Waals surface area (Å²) in [6.07, 6.45) is 18.8. The van der Waals surface area contributed by atoms with E-state index in [1.165, 1.54) is 0 Å². The Labute approximate surface area is 313 Å². The lowest BCUT2D eigenvalue weighted by molar-refractivity contribution is -0.148. The first-order valence-corrected chi connectivity index (χ1v) is 16.0. The van der Waals surface area contributed by atoms with Crippen LogP contribution in [0.4, 0.5) is 0 Å². The SMILES string of the molecule is C#CCn1c(=O)n(CC#C)c(=O)n(CC(Cn2c(=O)n(CC=C)c(=O)n(CC(Cn3c(=O)n(CC#C)c(=O)n(CC#C)c3=O)OC(C)=O)c2=O)OC(C)=O)c1=O. The van der Waals surface area contributed by atoms with Crippen LogP contribution in [0.25, 0.3) is 0 Å². The second kappa shape index (κ2) is 18.3. The first-order chi connectivity index (χ1) is 26.5. The Kier molecular flexibility index (Phi) is 13.9. The van der Waals surface area contributed by atoms with E-state index < -0.39 is 134 Å². The summed E-state index contributed by atoms with van der Waals surface area (Å²) >= 11 is 0. The minimum atomic E-state index is -1.71. The molecule has 292 valence electrons. The van der Waals surface area contributed by atoms with E-state index in [9.17, 15) is 52.7 Å². The van der Waals surface area contributed by atoms with Crippen molar-refractivity contribution in [3.63, 3.8) is 0 Å². The van der Waals surface area contributed by atoms with Crippen LogP contribution in [0.1, 0.15) is 13.8 Å². The summed E-state index contributed by atoms with van der Waals surface area (Å²) in [5.74, 6) is 6.32. The van der Waals surface area contributed by atoms with Crippen molar-refractivity contribution in [1.82, 2.24) is 41.1 Å². The number of carbonyl (C=O) groups is 2. The van der Waals surface area contributed by atoms with Crippen LogP contribution >= 0.6 is 0 Å². The monoisotopic (exact) mass is 775 g/mol. The maximum absolute atomic E-state index is 14.0. The first kappa shape index (κ1) is 42.6. The summed E-state index contributed by atoms with van der Waals surface area (Å²) in [4.78, 5) is 144. The lowest BCUT2D eigenvalue weighted by atomic mass is 10.3. The maximum atomic E-state index is 14.0. The summed E-state index contributed by atoms with van der Waals surface area (Å²) in [7, 11) is 0. The van der Waals surface area contributed by atoms with E-state index >= 15 is 0 Å². The third-order valence-electron chi connectivity index (χ3n) is 7.68. The average Bonchev–Trinajstić information content (AvgIpc) is 3.13. The molecule has 0 bridgehead atoms. The molecular weight excluding hydrogens is 742 g/mol. The standard InChI is InChI=1S/C34H33N9O13/c1-8-13-35-26(46)36(14-9-2)29(49)40(28(35)48)18-24(55-22(6)44)20-42-32(52)39(17-12-5)33(53)43(34(42)54)21-25(56-23(7)45)19-41-30(50)37(15-10-3)27(47)38(16-11-4)31(41)51/h1-4,12,24-25H,5,13-21H2,6-7H3. The highest BCUT2D eigenvalue weighted by Gasteiger charge is 2.27. The van der Waals surface area contributed by atoms with E-state index in [0.717, 1.165) is 19.9 Å². The number of ether oxygens (including phenoxy) is 2. The molecule has 0 radical (unpaired) electrons. The molecule has 3 aromatic rings. The number of hydrogen-bond acceptors (Lipinski definition) is 13. The van der Waals surface area contributed by atoms with Crippen LogP contribution < -0.4 is 51.2 Å². The van der Waals surface area contributed by atoms with Crippen molar-refractivity contribution in [2.24, 2.45) is 0 Å². The summed E-state index contributed by atoms with van der Waals surface area (Å²) in [5.41, 5.74) is -11.3. The van der Waals surface area contributed by atoms with E-state index in [2.05, 4.69) is 30.3 Å². The molecule has 0 spiro atoms. The Morgan fingerprint density at radius 3 is 0.911 bits per heavy atom. The van der Waals surface area contributed by atoms with Gasteiger partial charge < -0.3 is 9.47 Å². The largest absolute Gasteiger partial charge is 0.459 e. The van der Waals surface area contributed by atoms with Crippen LogP contribution in [-0.4, -0.2) is 65.3 Å². The normalized spacial score (nSPS) is 11.6. The number of carbonyl (C=O) groups excluding carboxylic acids is 2. The van der Waals surface area contributed by atoms with E-state index in [-0.39, 0.29) is 0 Å². The van der Waals surface area contributed by atoms with E-state index in [1.54, 1.807) is 0 Å². The van der Waals surface area contributed by atoms with Crippen molar-refractivity contribution >= 4 is 11.9 Å². The van der Waals surface area contributed by atoms with Gasteiger partial charge in [0.15, 0.2) is 0 Å². The molecule has 0 aliphatic heterocycles. The molecule has 56 heavy (non-hydrogen) atoms. The van der Waals surface area contributed by atoms with Gasteiger partial charge in [0.2, 0.25) is 0 Å². The summed E-state index contributed by atoms with van der Waals surface area (Å²) in [5, 5.41) is 0. The van der Waals surface area contributed by atoms with Crippen LogP contribution in [0.15, 0.2) is 55.8 Å². The number of hydrogen-bond donors (Lipinski definition) is 0. The zero-order valence-corrected chi connectivity index (χ0v) is 29.9. The fourth-order valence-electron chi connectivity index (χ4n) is 5.41. The van der Waals surface area contributed by atoms with Gasteiger partial charge in [-0.3, -0.25) is 9.59 Å². The molecule has 0 saturated heterocycles. The molecule has 0 aromatic carbocycles. The summed E-state index contributed by atoms with van der Waals surface area (Å²) in [6.45, 7) is -1.21. The number of allylic oxidation sites excluding steroid dienone is 1. The lowest BCUT2D eigenvalue weighted by Gasteiger charge is -2.22. The Balaban J connectivity index is 2.29. The minimum Gasteiger partial charge on any atom is -0.459 e. The fourth-order valence-corrected chi connectivity index (χ4v) is 5.41. The number of aromatic nitrogens is 9. The quantitative estimate of drug-likeness (QED) is 0.0748. The second-order valence-corrected chi connectivity index (χ2v) is 11.5. The molecule has 2 atom stereocenters. The third kappa shape index (κ3) is 8.84. The first-order valence-electron chi connectivity index (χ1n) is 16.0. The number of esters is 2. The van der Waals surface area contributed by atoms with Gasteiger partial charge in [-0.1, -0.05) is 29.8 Å². The molecule has 22 nitrogen and oxygen atoms in total. The molecule has 0 aliphatic rings. The zero-order chi connectivity index (χ0) is 42.0. The van der Waals surface area contributed by atoms with Crippen LogP contribution in [0.2, 0.25) is 0 Å². The van der Waals surface area contributed by atoms with Gasteiger partial charge in [0.1, 0.15) is 12.2 Å². The van der Waals surface area contributed by atoms with E-state index in [1.807, 2.05) is 0 Å². The van der Waals surface area contributed by atoms with Crippen molar-refractivity contribution in [3.05, 3.63) is 107 Å². The lowest BCUT2D eigenvalue weighted by Crippen LogP contribution is -2.58. The molecule has 3 heterocycles. The minimum absolute atomic E-state index is 0.394. The number of terminal acetylenes is 4. The molecule has 0 aliphatic carbocycles. The predicted octanol–water partition coefficient (Wildman–Crippen LogP) is -5.88. The fraction of sp³-hybridized carbons (Fsp3) is 0.382. The Morgan fingerprint density at radius 2 is 0.696 bits per heavy atom. The van der Waals surface area contributed by atoms with Crippen molar-refractivity contribution in [1.29, 1.82) is 0 Å². The van der Waals surface area contributed by atoms with Crippen LogP contribution in [0.5, 0.6) is 0 Å². The molecule has 22 heteroatoms. The topological polar surface area (TPSA) is 251 Å². The Hall–Kier alpha value is -7.85. The highest BCUT2D eigenvalue weighted by molar-refractivity contribution is 5.66. The molecule has 0 fully saturated rings. The van der Waals surface area contributed by atoms with E-state index in [0.29, 0.717) is 41.1 Å². The second-order valence-electron chi connectivity index (χ2n) is 11.5. The molecule has 3 rings (SSSR count). The summed E-state index contributed by atoms with van der Waals surface area (Å²) in [6, 6.07) is 0. The molecule has 0 saturated carbocycles. The van der Waals surface area contributed by atoms with Crippen LogP contribution in [0.3, 0.4) is 0 Å². The molecule has 3 aromatic heterocycles. The van der Waals surface area contributed by atoms with Gasteiger partial charge in [0.05, 0.1) is 58.9 Å². The zero-order valence-electron chi connectivity index (χ0n) is 29.9. The molecular formula is C34H33N9O13. The predicted molar refractivity (Wildman–Crippen MR) is 194 cm³/mol. The number of nitrogens with zero attached hydrogens (tertiary/aromatic N) is 9. The van der Waals surface area contributed by atoms with Crippen molar-refractivity contribution in [3.8, 4) is 49.4 Å². The highest BCUT2D eigenvalue weighted by atomic mass is 16.5. The van der Waals surface area contributed by atoms with E-state index in [4.69, 9.17) is 35.2 Å². The molecule has 0 N–H and O–H groups in total. The van der Waals surface area contributed by atoms with Gasteiger partial charge in [0.25, 0.3) is 0 Å². The van der Waals surface area contributed by atoms with Gasteiger partial charge in [-0.2, -0.15) is 0 Å². The average molecular weight is 776 g/mol. The number of rotatable bonds is 16. The van der Waals surface area contributed by atoms with Crippen LogP contribution in [-0.2, 0) is 78.0 Å². The smallest absolute Gasteiger partial charge is 0.338 e. The van der Waals surface area contributed by atoms with Crippen molar-refractivity contribution in [2.45, 2.75) is 85.0 Å². The van der Waals surface area contributed by atoms with Gasteiger partial charge in [-0.05, 0) is 0 Å². The van der Waals surface area contributed by atoms with Gasteiger partial charge in [0, 0.05) is 13.8 Å². The Morgan fingerprint density at radius 1 is 0.482 bits per heavy atom. The summed E-state index contributed by atoms with van der Waals surface area (Å²) < 4.78 is 14.7. The van der Waals surface area contributed by atoms with Gasteiger partial charge in [-0.15, -0.1) is 32.3 Å². The highest BCUT2D eigenvalue weighted by Crippen LogP contribution is 2.01. The molecule has 0 amide bonds. The van der Waals surface area contributed by atoms with Gasteiger partial charge in [-0.25, -0.2) is 84.3 Å². The third-order valence-corrected chi connectivity index (χ3v) is 7.68. The van der Waals surface area contributed by atoms with Crippen LogP contribution in [0, 0.1) is 49.4 Å². The maximum Gasteiger partial charge on any atom is 0.338 e. The van der Waals surface area contributed by atoms with Crippen molar-refractivity contribution in [2.75, 3.05) is 0 Å². The van der Waals surface area contributed by atoms with Crippen molar-refractivity contribution < 1.29 is 19.1 Å². The Bertz CT molecular complexity index is 2530. The van der Waals surface area contributed by atoms with Gasteiger partial charge >= 0.3 is 63.1 Å². The molecule has 2 unspecified atom stereocenters.